The van der Waals surface area contributed by atoms with E-state index in [1.54, 1.807) is 0 Å². The molecule has 0 aromatic rings. The molecule has 72 valence electrons. The lowest BCUT2D eigenvalue weighted by molar-refractivity contribution is -0.138. The molecule has 0 amide bonds. The van der Waals surface area contributed by atoms with E-state index in [9.17, 15) is 4.79 Å². The van der Waals surface area contributed by atoms with E-state index < -0.39 is 12.0 Å². The first kappa shape index (κ1) is 11.4. The molecule has 0 saturated heterocycles. The van der Waals surface area contributed by atoms with E-state index in [0.717, 1.165) is 6.42 Å². The first-order valence-corrected chi connectivity index (χ1v) is 4.01. The molecule has 0 fully saturated rings. The van der Waals surface area contributed by atoms with Crippen LogP contribution in [0.4, 0.5) is 0 Å². The SMILES string of the molecule is CC(N)NCCC[C@@H](N)C(=O)O. The summed E-state index contributed by atoms with van der Waals surface area (Å²) in [7, 11) is 0. The van der Waals surface area contributed by atoms with Crippen molar-refractivity contribution in [1.29, 1.82) is 0 Å². The van der Waals surface area contributed by atoms with Crippen LogP contribution in [0.2, 0.25) is 0 Å². The maximum Gasteiger partial charge on any atom is 0.320 e. The Balaban J connectivity index is 3.25. The van der Waals surface area contributed by atoms with Crippen LogP contribution in [0.15, 0.2) is 0 Å². The van der Waals surface area contributed by atoms with Gasteiger partial charge in [-0.25, -0.2) is 0 Å². The molecule has 0 bridgehead atoms. The molecule has 0 aliphatic carbocycles. The van der Waals surface area contributed by atoms with Crippen LogP contribution >= 0.6 is 0 Å². The van der Waals surface area contributed by atoms with Gasteiger partial charge in [-0.2, -0.15) is 0 Å². The molecule has 5 nitrogen and oxygen atoms in total. The number of hydrogen-bond acceptors (Lipinski definition) is 4. The summed E-state index contributed by atoms with van der Waals surface area (Å²) in [6.45, 7) is 2.54. The standard InChI is InChI=1S/C7H17N3O2/c1-5(8)10-4-2-3-6(9)7(11)12/h5-6,10H,2-4,8-9H2,1H3,(H,11,12)/t5?,6-/m1/s1. The van der Waals surface area contributed by atoms with Crippen molar-refractivity contribution >= 4 is 5.97 Å². The fourth-order valence-corrected chi connectivity index (χ4v) is 0.775. The van der Waals surface area contributed by atoms with Gasteiger partial charge in [0, 0.05) is 0 Å². The second-order valence-corrected chi connectivity index (χ2v) is 2.83. The Hall–Kier alpha value is -0.650. The summed E-state index contributed by atoms with van der Waals surface area (Å²) in [5.41, 5.74) is 10.7. The molecule has 0 rings (SSSR count). The third-order valence-electron chi connectivity index (χ3n) is 1.48. The van der Waals surface area contributed by atoms with E-state index in [4.69, 9.17) is 16.6 Å². The molecule has 0 saturated carbocycles. The Morgan fingerprint density at radius 2 is 2.17 bits per heavy atom. The summed E-state index contributed by atoms with van der Waals surface area (Å²) in [6, 6.07) is -0.750. The second-order valence-electron chi connectivity index (χ2n) is 2.83. The van der Waals surface area contributed by atoms with Gasteiger partial charge in [0.25, 0.3) is 0 Å². The van der Waals surface area contributed by atoms with Crippen LogP contribution in [-0.4, -0.2) is 29.8 Å². The Morgan fingerprint density at radius 1 is 1.58 bits per heavy atom. The minimum absolute atomic E-state index is 0.0500. The van der Waals surface area contributed by atoms with Crippen molar-refractivity contribution in [2.45, 2.75) is 32.0 Å². The quantitative estimate of drug-likeness (QED) is 0.309. The molecule has 0 spiro atoms. The predicted molar refractivity (Wildman–Crippen MR) is 46.5 cm³/mol. The van der Waals surface area contributed by atoms with Gasteiger partial charge < -0.3 is 21.9 Å². The molecule has 0 heterocycles. The molecule has 1 unspecified atom stereocenters. The summed E-state index contributed by atoms with van der Waals surface area (Å²) < 4.78 is 0. The summed E-state index contributed by atoms with van der Waals surface area (Å²) in [4.78, 5) is 10.3. The molecule has 0 aliphatic rings. The average Bonchev–Trinajstić information content (AvgIpc) is 1.97. The van der Waals surface area contributed by atoms with E-state index in [-0.39, 0.29) is 6.17 Å². The van der Waals surface area contributed by atoms with Gasteiger partial charge in [0.2, 0.25) is 0 Å². The van der Waals surface area contributed by atoms with E-state index in [1.807, 2.05) is 6.92 Å². The van der Waals surface area contributed by atoms with Crippen LogP contribution in [0.3, 0.4) is 0 Å². The number of carboxylic acids is 1. The van der Waals surface area contributed by atoms with Gasteiger partial charge in [0.1, 0.15) is 6.04 Å². The van der Waals surface area contributed by atoms with E-state index in [0.29, 0.717) is 13.0 Å². The molecule has 12 heavy (non-hydrogen) atoms. The lowest BCUT2D eigenvalue weighted by atomic mass is 10.2. The molecular weight excluding hydrogens is 158 g/mol. The number of rotatable bonds is 6. The Morgan fingerprint density at radius 3 is 2.58 bits per heavy atom. The molecule has 0 aromatic heterocycles. The minimum Gasteiger partial charge on any atom is -0.480 e. The third kappa shape index (κ3) is 6.09. The van der Waals surface area contributed by atoms with Crippen LogP contribution in [0, 0.1) is 0 Å². The molecular formula is C7H17N3O2. The van der Waals surface area contributed by atoms with E-state index in [2.05, 4.69) is 5.32 Å². The van der Waals surface area contributed by atoms with Gasteiger partial charge in [0.05, 0.1) is 6.17 Å². The van der Waals surface area contributed by atoms with Crippen molar-refractivity contribution in [2.75, 3.05) is 6.54 Å². The van der Waals surface area contributed by atoms with Gasteiger partial charge >= 0.3 is 5.97 Å². The maximum absolute atomic E-state index is 10.3. The number of carbonyl (C=O) groups is 1. The molecule has 0 aromatic carbocycles. The fraction of sp³-hybridized carbons (Fsp3) is 0.857. The zero-order chi connectivity index (χ0) is 9.56. The lowest BCUT2D eigenvalue weighted by Gasteiger charge is -2.09. The van der Waals surface area contributed by atoms with Crippen molar-refractivity contribution in [3.63, 3.8) is 0 Å². The Labute approximate surface area is 72.1 Å². The maximum atomic E-state index is 10.3. The number of aliphatic carboxylic acids is 1. The third-order valence-corrected chi connectivity index (χ3v) is 1.48. The predicted octanol–water partition coefficient (Wildman–Crippen LogP) is -0.927. The van der Waals surface area contributed by atoms with Gasteiger partial charge in [-0.15, -0.1) is 0 Å². The highest BCUT2D eigenvalue weighted by Crippen LogP contribution is 1.92. The minimum atomic E-state index is -0.948. The van der Waals surface area contributed by atoms with Gasteiger partial charge in [-0.05, 0) is 26.3 Å². The first-order chi connectivity index (χ1) is 5.54. The van der Waals surface area contributed by atoms with Gasteiger partial charge in [0.15, 0.2) is 0 Å². The van der Waals surface area contributed by atoms with Crippen LogP contribution in [-0.2, 0) is 4.79 Å². The highest BCUT2D eigenvalue weighted by molar-refractivity contribution is 5.72. The Kier molecular flexibility index (Phi) is 5.61. The number of carboxylic acid groups (broad SMARTS) is 1. The van der Waals surface area contributed by atoms with Crippen LogP contribution in [0.25, 0.3) is 0 Å². The van der Waals surface area contributed by atoms with Crippen LogP contribution in [0.1, 0.15) is 19.8 Å². The molecule has 0 radical (unpaired) electrons. The summed E-state index contributed by atoms with van der Waals surface area (Å²) in [5.74, 6) is -0.948. The number of nitrogens with two attached hydrogens (primary N) is 2. The van der Waals surface area contributed by atoms with Gasteiger partial charge in [-0.3, -0.25) is 4.79 Å². The summed E-state index contributed by atoms with van der Waals surface area (Å²) >= 11 is 0. The topological polar surface area (TPSA) is 101 Å². The normalized spacial score (nSPS) is 15.6. The van der Waals surface area contributed by atoms with Crippen molar-refractivity contribution in [1.82, 2.24) is 5.32 Å². The lowest BCUT2D eigenvalue weighted by Crippen LogP contribution is -2.36. The van der Waals surface area contributed by atoms with Crippen molar-refractivity contribution in [2.24, 2.45) is 11.5 Å². The van der Waals surface area contributed by atoms with Crippen molar-refractivity contribution in [3.05, 3.63) is 0 Å². The Bertz CT molecular complexity index is 139. The van der Waals surface area contributed by atoms with E-state index in [1.165, 1.54) is 0 Å². The summed E-state index contributed by atoms with van der Waals surface area (Å²) in [6.07, 6.45) is 1.16. The number of hydrogen-bond donors (Lipinski definition) is 4. The zero-order valence-corrected chi connectivity index (χ0v) is 7.29. The van der Waals surface area contributed by atoms with Crippen molar-refractivity contribution < 1.29 is 9.90 Å². The molecule has 0 aliphatic heterocycles. The van der Waals surface area contributed by atoms with Gasteiger partial charge in [-0.1, -0.05) is 0 Å². The molecule has 6 N–H and O–H groups in total. The highest BCUT2D eigenvalue weighted by Gasteiger charge is 2.09. The van der Waals surface area contributed by atoms with Crippen LogP contribution < -0.4 is 16.8 Å². The van der Waals surface area contributed by atoms with Crippen molar-refractivity contribution in [3.8, 4) is 0 Å². The van der Waals surface area contributed by atoms with E-state index >= 15 is 0 Å². The fourth-order valence-electron chi connectivity index (χ4n) is 0.775. The smallest absolute Gasteiger partial charge is 0.320 e. The zero-order valence-electron chi connectivity index (χ0n) is 7.29. The monoisotopic (exact) mass is 175 g/mol. The second kappa shape index (κ2) is 5.93. The highest BCUT2D eigenvalue weighted by atomic mass is 16.4. The molecule has 2 atom stereocenters. The largest absolute Gasteiger partial charge is 0.480 e. The first-order valence-electron chi connectivity index (χ1n) is 4.01. The van der Waals surface area contributed by atoms with Crippen LogP contribution in [0.5, 0.6) is 0 Å². The number of nitrogens with one attached hydrogen (secondary N) is 1. The average molecular weight is 175 g/mol. The summed E-state index contributed by atoms with van der Waals surface area (Å²) in [5, 5.41) is 11.4. The molecule has 5 heteroatoms.